The normalized spacial score (nSPS) is 10.5. The van der Waals surface area contributed by atoms with Crippen LogP contribution in [0.4, 0.5) is 5.69 Å². The molecule has 0 aromatic heterocycles. The highest BCUT2D eigenvalue weighted by Crippen LogP contribution is 2.26. The van der Waals surface area contributed by atoms with Crippen LogP contribution in [0.2, 0.25) is 5.02 Å². The summed E-state index contributed by atoms with van der Waals surface area (Å²) in [6.07, 6.45) is 1.07. The van der Waals surface area contributed by atoms with Crippen molar-refractivity contribution < 1.29 is 9.53 Å². The number of carbonyl (C=O) groups excluding carboxylic acids is 1. The molecule has 3 nitrogen and oxygen atoms in total. The zero-order valence-electron chi connectivity index (χ0n) is 14.1. The Kier molecular flexibility index (Phi) is 6.69. The van der Waals surface area contributed by atoms with Gasteiger partial charge in [-0.15, -0.1) is 0 Å². The average molecular weight is 411 g/mol. The average Bonchev–Trinajstić information content (AvgIpc) is 2.52. The van der Waals surface area contributed by atoms with Crippen LogP contribution in [0, 0.1) is 20.8 Å². The summed E-state index contributed by atoms with van der Waals surface area (Å²) in [4.78, 5) is 12.0. The first-order valence-corrected chi connectivity index (χ1v) is 8.99. The smallest absolute Gasteiger partial charge is 0.224 e. The zero-order chi connectivity index (χ0) is 17.7. The Morgan fingerprint density at radius 2 is 1.79 bits per heavy atom. The lowest BCUT2D eigenvalue weighted by Crippen LogP contribution is -2.13. The van der Waals surface area contributed by atoms with Crippen LogP contribution in [-0.4, -0.2) is 12.5 Å². The van der Waals surface area contributed by atoms with Gasteiger partial charge in [0.15, 0.2) is 0 Å². The standard InChI is InChI=1S/C19H21BrClNO2/c1-12-9-15(20)6-7-17(12)22-18(23)5-4-8-24-16-10-13(2)19(21)14(3)11-16/h6-7,9-11H,4-5,8H2,1-3H3,(H,22,23). The van der Waals surface area contributed by atoms with E-state index in [0.717, 1.165) is 37.6 Å². The molecule has 0 spiro atoms. The molecule has 1 amide bonds. The quantitative estimate of drug-likeness (QED) is 0.609. The Balaban J connectivity index is 1.79. The fraction of sp³-hybridized carbons (Fsp3) is 0.316. The van der Waals surface area contributed by atoms with Crippen LogP contribution < -0.4 is 10.1 Å². The van der Waals surface area contributed by atoms with Crippen molar-refractivity contribution in [1.82, 2.24) is 0 Å². The molecule has 0 saturated heterocycles. The minimum atomic E-state index is -0.00695. The van der Waals surface area contributed by atoms with Gasteiger partial charge in [0, 0.05) is 21.6 Å². The van der Waals surface area contributed by atoms with Crippen LogP contribution in [0.3, 0.4) is 0 Å². The molecule has 0 unspecified atom stereocenters. The van der Waals surface area contributed by atoms with E-state index in [4.69, 9.17) is 16.3 Å². The van der Waals surface area contributed by atoms with Gasteiger partial charge in [0.25, 0.3) is 0 Å². The molecule has 0 radical (unpaired) electrons. The van der Waals surface area contributed by atoms with Crippen molar-refractivity contribution in [1.29, 1.82) is 0 Å². The van der Waals surface area contributed by atoms with Gasteiger partial charge in [0.1, 0.15) is 5.75 Å². The predicted octanol–water partition coefficient (Wildman–Crippen LogP) is 5.83. The van der Waals surface area contributed by atoms with E-state index in [1.165, 1.54) is 0 Å². The number of hydrogen-bond donors (Lipinski definition) is 1. The lowest BCUT2D eigenvalue weighted by atomic mass is 10.1. The maximum Gasteiger partial charge on any atom is 0.224 e. The van der Waals surface area contributed by atoms with Gasteiger partial charge in [-0.1, -0.05) is 27.5 Å². The molecular weight excluding hydrogens is 390 g/mol. The van der Waals surface area contributed by atoms with E-state index in [-0.39, 0.29) is 5.91 Å². The van der Waals surface area contributed by atoms with E-state index in [1.54, 1.807) is 0 Å². The van der Waals surface area contributed by atoms with Crippen molar-refractivity contribution in [2.24, 2.45) is 0 Å². The number of aryl methyl sites for hydroxylation is 3. The molecule has 2 aromatic carbocycles. The number of ether oxygens (including phenoxy) is 1. The Labute approximate surface area is 156 Å². The fourth-order valence-electron chi connectivity index (χ4n) is 2.39. The Morgan fingerprint density at radius 3 is 2.42 bits per heavy atom. The van der Waals surface area contributed by atoms with Crippen LogP contribution in [-0.2, 0) is 4.79 Å². The summed E-state index contributed by atoms with van der Waals surface area (Å²) >= 11 is 9.55. The second-order valence-corrected chi connectivity index (χ2v) is 7.12. The zero-order valence-corrected chi connectivity index (χ0v) is 16.4. The molecule has 128 valence electrons. The Hall–Kier alpha value is -1.52. The van der Waals surface area contributed by atoms with Crippen LogP contribution in [0.15, 0.2) is 34.8 Å². The van der Waals surface area contributed by atoms with Gasteiger partial charge in [-0.25, -0.2) is 0 Å². The second-order valence-electron chi connectivity index (χ2n) is 5.83. The van der Waals surface area contributed by atoms with Gasteiger partial charge in [-0.05, 0) is 74.2 Å². The number of rotatable bonds is 6. The van der Waals surface area contributed by atoms with Crippen molar-refractivity contribution in [2.75, 3.05) is 11.9 Å². The Bertz CT molecular complexity index is 723. The molecule has 1 N–H and O–H groups in total. The fourth-order valence-corrected chi connectivity index (χ4v) is 2.98. The lowest BCUT2D eigenvalue weighted by Gasteiger charge is -2.11. The number of benzene rings is 2. The third kappa shape index (κ3) is 5.25. The second kappa shape index (κ2) is 8.54. The third-order valence-electron chi connectivity index (χ3n) is 3.69. The number of hydrogen-bond acceptors (Lipinski definition) is 2. The minimum Gasteiger partial charge on any atom is -0.494 e. The van der Waals surface area contributed by atoms with E-state index in [0.29, 0.717) is 19.4 Å². The largest absolute Gasteiger partial charge is 0.494 e. The molecule has 0 aliphatic carbocycles. The predicted molar refractivity (Wildman–Crippen MR) is 103 cm³/mol. The van der Waals surface area contributed by atoms with Gasteiger partial charge in [-0.3, -0.25) is 4.79 Å². The summed E-state index contributed by atoms with van der Waals surface area (Å²) in [7, 11) is 0. The van der Waals surface area contributed by atoms with Crippen molar-refractivity contribution >= 4 is 39.1 Å². The van der Waals surface area contributed by atoms with E-state index in [2.05, 4.69) is 21.2 Å². The van der Waals surface area contributed by atoms with E-state index in [9.17, 15) is 4.79 Å². The van der Waals surface area contributed by atoms with Gasteiger partial charge >= 0.3 is 0 Å². The molecule has 0 atom stereocenters. The molecule has 24 heavy (non-hydrogen) atoms. The maximum atomic E-state index is 12.0. The topological polar surface area (TPSA) is 38.3 Å². The molecule has 0 fully saturated rings. The molecule has 0 aliphatic rings. The first kappa shape index (κ1) is 18.8. The number of carbonyl (C=O) groups is 1. The van der Waals surface area contributed by atoms with Crippen molar-refractivity contribution in [2.45, 2.75) is 33.6 Å². The molecule has 2 rings (SSSR count). The Morgan fingerprint density at radius 1 is 1.12 bits per heavy atom. The van der Waals surface area contributed by atoms with Crippen molar-refractivity contribution in [3.8, 4) is 5.75 Å². The first-order valence-electron chi connectivity index (χ1n) is 7.82. The van der Waals surface area contributed by atoms with Crippen LogP contribution >= 0.6 is 27.5 Å². The van der Waals surface area contributed by atoms with Crippen molar-refractivity contribution in [3.05, 3.63) is 56.5 Å². The van der Waals surface area contributed by atoms with Crippen LogP contribution in [0.5, 0.6) is 5.75 Å². The molecule has 0 bridgehead atoms. The summed E-state index contributed by atoms with van der Waals surface area (Å²) < 4.78 is 6.72. The van der Waals surface area contributed by atoms with Gasteiger partial charge in [-0.2, -0.15) is 0 Å². The number of anilines is 1. The highest BCUT2D eigenvalue weighted by atomic mass is 79.9. The minimum absolute atomic E-state index is 0.00695. The molecule has 0 aliphatic heterocycles. The number of amides is 1. The number of halogens is 2. The van der Waals surface area contributed by atoms with E-state index < -0.39 is 0 Å². The summed E-state index contributed by atoms with van der Waals surface area (Å²) in [6.45, 7) is 6.37. The highest BCUT2D eigenvalue weighted by molar-refractivity contribution is 9.10. The first-order chi connectivity index (χ1) is 11.4. The van der Waals surface area contributed by atoms with Gasteiger partial charge in [0.2, 0.25) is 5.91 Å². The number of nitrogens with one attached hydrogen (secondary N) is 1. The molecule has 5 heteroatoms. The molecular formula is C19H21BrClNO2. The highest BCUT2D eigenvalue weighted by Gasteiger charge is 2.07. The SMILES string of the molecule is Cc1cc(Br)ccc1NC(=O)CCCOc1cc(C)c(Cl)c(C)c1. The summed E-state index contributed by atoms with van der Waals surface area (Å²) in [5.41, 5.74) is 3.86. The molecule has 0 heterocycles. The summed E-state index contributed by atoms with van der Waals surface area (Å²) in [5, 5.41) is 3.70. The summed E-state index contributed by atoms with van der Waals surface area (Å²) in [5.74, 6) is 0.783. The van der Waals surface area contributed by atoms with Crippen LogP contribution in [0.1, 0.15) is 29.5 Å². The molecule has 2 aromatic rings. The lowest BCUT2D eigenvalue weighted by molar-refractivity contribution is -0.116. The maximum absolute atomic E-state index is 12.0. The monoisotopic (exact) mass is 409 g/mol. The van der Waals surface area contributed by atoms with Gasteiger partial charge in [0.05, 0.1) is 6.61 Å². The third-order valence-corrected chi connectivity index (χ3v) is 4.78. The van der Waals surface area contributed by atoms with Gasteiger partial charge < -0.3 is 10.1 Å². The van der Waals surface area contributed by atoms with Crippen LogP contribution in [0.25, 0.3) is 0 Å². The van der Waals surface area contributed by atoms with Crippen molar-refractivity contribution in [3.63, 3.8) is 0 Å². The summed E-state index contributed by atoms with van der Waals surface area (Å²) in [6, 6.07) is 9.62. The molecule has 0 saturated carbocycles. The van der Waals surface area contributed by atoms with E-state index >= 15 is 0 Å². The van der Waals surface area contributed by atoms with E-state index in [1.807, 2.05) is 51.1 Å².